The summed E-state index contributed by atoms with van der Waals surface area (Å²) < 4.78 is 13.3. The smallest absolute Gasteiger partial charge is 0.373 e. The number of furan rings is 1. The molecule has 1 saturated heterocycles. The van der Waals surface area contributed by atoms with Crippen molar-refractivity contribution >= 4 is 46.6 Å². The van der Waals surface area contributed by atoms with E-state index in [2.05, 4.69) is 62.3 Å². The Hall–Kier alpha value is -3.34. The molecule has 0 aliphatic carbocycles. The predicted molar refractivity (Wildman–Crippen MR) is 130 cm³/mol. The Morgan fingerprint density at radius 3 is 2.61 bits per heavy atom. The van der Waals surface area contributed by atoms with Crippen molar-refractivity contribution in [2.45, 2.75) is 27.3 Å². The average molecular weight is 559 g/mol. The van der Waals surface area contributed by atoms with E-state index in [-0.39, 0.29) is 18.0 Å². The van der Waals surface area contributed by atoms with Crippen LogP contribution in [-0.2, 0) is 16.1 Å². The van der Waals surface area contributed by atoms with Gasteiger partial charge in [-0.25, -0.2) is 9.59 Å². The highest BCUT2D eigenvalue weighted by molar-refractivity contribution is 14.1. The SMILES string of the molecule is COC(=O)c1ccc(CN2C(=O)N/C(=C\c3cc(C)n(-c4ccc(I)c(C)c4)c3C)C2=O)o1. The molecule has 1 N–H and O–H groups in total. The molecular weight excluding hydrogens is 537 g/mol. The van der Waals surface area contributed by atoms with E-state index in [1.165, 1.54) is 28.4 Å². The van der Waals surface area contributed by atoms with Crippen molar-refractivity contribution in [3.8, 4) is 5.69 Å². The van der Waals surface area contributed by atoms with Crippen LogP contribution in [0.15, 0.2) is 46.5 Å². The molecule has 3 aromatic rings. The summed E-state index contributed by atoms with van der Waals surface area (Å²) in [6, 6.07) is 10.7. The molecule has 3 amide bonds. The third kappa shape index (κ3) is 4.32. The zero-order valence-corrected chi connectivity index (χ0v) is 20.7. The topological polar surface area (TPSA) is 93.8 Å². The van der Waals surface area contributed by atoms with E-state index in [0.717, 1.165) is 27.5 Å². The van der Waals surface area contributed by atoms with E-state index >= 15 is 0 Å². The lowest BCUT2D eigenvalue weighted by Crippen LogP contribution is -2.30. The van der Waals surface area contributed by atoms with Crippen LogP contribution in [0.4, 0.5) is 4.79 Å². The number of nitrogens with one attached hydrogen (secondary N) is 1. The van der Waals surface area contributed by atoms with Crippen LogP contribution in [0.25, 0.3) is 11.8 Å². The van der Waals surface area contributed by atoms with Gasteiger partial charge in [-0.05, 0) is 97.0 Å². The lowest BCUT2D eigenvalue weighted by molar-refractivity contribution is -0.123. The minimum Gasteiger partial charge on any atom is -0.463 e. The van der Waals surface area contributed by atoms with Crippen LogP contribution in [0.3, 0.4) is 0 Å². The van der Waals surface area contributed by atoms with Crippen molar-refractivity contribution in [1.82, 2.24) is 14.8 Å². The number of benzene rings is 1. The van der Waals surface area contributed by atoms with Crippen LogP contribution in [-0.4, -0.2) is 34.5 Å². The Bertz CT molecular complexity index is 1320. The van der Waals surface area contributed by atoms with E-state index in [1.54, 1.807) is 6.08 Å². The van der Waals surface area contributed by atoms with Gasteiger partial charge in [-0.2, -0.15) is 0 Å². The second kappa shape index (κ2) is 8.89. The molecule has 0 spiro atoms. The van der Waals surface area contributed by atoms with Crippen LogP contribution in [0.2, 0.25) is 0 Å². The van der Waals surface area contributed by atoms with Gasteiger partial charge in [0.15, 0.2) is 0 Å². The summed E-state index contributed by atoms with van der Waals surface area (Å²) >= 11 is 2.31. The molecule has 1 aromatic carbocycles. The van der Waals surface area contributed by atoms with Crippen molar-refractivity contribution in [3.63, 3.8) is 0 Å². The van der Waals surface area contributed by atoms with Gasteiger partial charge in [0.25, 0.3) is 5.91 Å². The number of rotatable bonds is 5. The normalized spacial score (nSPS) is 14.8. The highest BCUT2D eigenvalue weighted by Crippen LogP contribution is 2.26. The molecule has 8 nitrogen and oxygen atoms in total. The number of nitrogens with zero attached hydrogens (tertiary/aromatic N) is 2. The molecule has 0 atom stereocenters. The number of hydrogen-bond donors (Lipinski definition) is 1. The van der Waals surface area contributed by atoms with E-state index in [9.17, 15) is 14.4 Å². The van der Waals surface area contributed by atoms with Crippen LogP contribution >= 0.6 is 22.6 Å². The minimum absolute atomic E-state index is 0.00796. The number of amides is 3. The largest absolute Gasteiger partial charge is 0.463 e. The highest BCUT2D eigenvalue weighted by atomic mass is 127. The number of halogens is 1. The van der Waals surface area contributed by atoms with Gasteiger partial charge in [0.05, 0.1) is 13.7 Å². The molecule has 3 heterocycles. The average Bonchev–Trinajstić information content (AvgIpc) is 3.43. The molecule has 0 radical (unpaired) electrons. The molecule has 1 aliphatic heterocycles. The fourth-order valence-electron chi connectivity index (χ4n) is 3.80. The van der Waals surface area contributed by atoms with Gasteiger partial charge in [0.2, 0.25) is 5.76 Å². The van der Waals surface area contributed by atoms with Crippen LogP contribution < -0.4 is 5.32 Å². The van der Waals surface area contributed by atoms with Crippen molar-refractivity contribution < 1.29 is 23.5 Å². The first-order valence-corrected chi connectivity index (χ1v) is 11.2. The van der Waals surface area contributed by atoms with Crippen LogP contribution in [0.1, 0.15) is 38.8 Å². The zero-order valence-electron chi connectivity index (χ0n) is 18.6. The van der Waals surface area contributed by atoms with Gasteiger partial charge >= 0.3 is 12.0 Å². The summed E-state index contributed by atoms with van der Waals surface area (Å²) in [6.45, 7) is 5.94. The van der Waals surface area contributed by atoms with Gasteiger partial charge in [-0.3, -0.25) is 9.69 Å². The Morgan fingerprint density at radius 1 is 1.15 bits per heavy atom. The molecular formula is C24H22IN3O5. The number of carbonyl (C=O) groups excluding carboxylic acids is 3. The molecule has 0 unspecified atom stereocenters. The molecule has 4 rings (SSSR count). The summed E-state index contributed by atoms with van der Waals surface area (Å²) in [5.41, 5.74) is 5.20. The van der Waals surface area contributed by atoms with Gasteiger partial charge in [0, 0.05) is 20.6 Å². The molecule has 33 heavy (non-hydrogen) atoms. The van der Waals surface area contributed by atoms with Crippen molar-refractivity contribution in [2.75, 3.05) is 7.11 Å². The second-order valence-electron chi connectivity index (χ2n) is 7.73. The first kappa shape index (κ1) is 22.8. The predicted octanol–water partition coefficient (Wildman–Crippen LogP) is 4.48. The first-order chi connectivity index (χ1) is 15.7. The Morgan fingerprint density at radius 2 is 1.91 bits per heavy atom. The number of hydrogen-bond acceptors (Lipinski definition) is 5. The number of methoxy groups -OCH3 is 1. The standard InChI is InChI=1S/C24H22IN3O5/c1-13-9-17(5-7-19(13)25)28-14(2)10-16(15(28)3)11-20-22(29)27(24(31)26-20)12-18-6-8-21(33-18)23(30)32-4/h5-11H,12H2,1-4H3,(H,26,31)/b20-11-. The first-order valence-electron chi connectivity index (χ1n) is 10.2. The van der Waals surface area contributed by atoms with Gasteiger partial charge in [-0.1, -0.05) is 0 Å². The third-order valence-corrected chi connectivity index (χ3v) is 6.70. The maximum absolute atomic E-state index is 12.9. The number of aryl methyl sites for hydroxylation is 2. The second-order valence-corrected chi connectivity index (χ2v) is 8.89. The fourth-order valence-corrected chi connectivity index (χ4v) is 4.13. The molecule has 1 fully saturated rings. The van der Waals surface area contributed by atoms with Crippen LogP contribution in [0.5, 0.6) is 0 Å². The van der Waals surface area contributed by atoms with E-state index < -0.39 is 17.9 Å². The van der Waals surface area contributed by atoms with Crippen molar-refractivity contribution in [2.24, 2.45) is 0 Å². The summed E-state index contributed by atoms with van der Waals surface area (Å²) in [5.74, 6) is -0.787. The molecule has 1 aliphatic rings. The minimum atomic E-state index is -0.627. The highest BCUT2D eigenvalue weighted by Gasteiger charge is 2.34. The molecule has 170 valence electrons. The quantitative estimate of drug-likeness (QED) is 0.216. The Kier molecular flexibility index (Phi) is 6.15. The number of aromatic nitrogens is 1. The number of carbonyl (C=O) groups is 3. The van der Waals surface area contributed by atoms with E-state index in [4.69, 9.17) is 4.42 Å². The monoisotopic (exact) mass is 559 g/mol. The molecule has 0 bridgehead atoms. The number of ether oxygens (including phenoxy) is 1. The molecule has 0 saturated carbocycles. The Labute approximate surface area is 204 Å². The molecule has 2 aromatic heterocycles. The number of esters is 1. The summed E-state index contributed by atoms with van der Waals surface area (Å²) in [6.07, 6.45) is 1.68. The zero-order chi connectivity index (χ0) is 23.9. The Balaban J connectivity index is 1.59. The van der Waals surface area contributed by atoms with E-state index in [0.29, 0.717) is 5.76 Å². The summed E-state index contributed by atoms with van der Waals surface area (Å²) in [5, 5.41) is 2.63. The van der Waals surface area contributed by atoms with Gasteiger partial charge in [0.1, 0.15) is 11.5 Å². The maximum atomic E-state index is 12.9. The lowest BCUT2D eigenvalue weighted by atomic mass is 10.2. The summed E-state index contributed by atoms with van der Waals surface area (Å²) in [7, 11) is 1.25. The van der Waals surface area contributed by atoms with Crippen molar-refractivity contribution in [3.05, 3.63) is 79.7 Å². The van der Waals surface area contributed by atoms with Crippen LogP contribution in [0, 0.1) is 24.3 Å². The lowest BCUT2D eigenvalue weighted by Gasteiger charge is -2.11. The fraction of sp³-hybridized carbons (Fsp3) is 0.208. The van der Waals surface area contributed by atoms with Crippen molar-refractivity contribution in [1.29, 1.82) is 0 Å². The third-order valence-electron chi connectivity index (χ3n) is 5.49. The van der Waals surface area contributed by atoms with Gasteiger partial charge < -0.3 is 19.0 Å². The van der Waals surface area contributed by atoms with Gasteiger partial charge in [-0.15, -0.1) is 0 Å². The number of imide groups is 1. The molecule has 9 heteroatoms. The van der Waals surface area contributed by atoms with E-state index in [1.807, 2.05) is 19.9 Å². The maximum Gasteiger partial charge on any atom is 0.373 e. The number of urea groups is 1. The summed E-state index contributed by atoms with van der Waals surface area (Å²) in [4.78, 5) is 38.0.